The molecule has 2 rings (SSSR count). The van der Waals surface area contributed by atoms with Gasteiger partial charge in [0, 0.05) is 0 Å². The molecule has 0 unspecified atom stereocenters. The lowest BCUT2D eigenvalue weighted by Crippen LogP contribution is -2.16. The smallest absolute Gasteiger partial charge is 0.416 e. The minimum atomic E-state index is -4.37. The molecule has 1 aromatic carbocycles. The van der Waals surface area contributed by atoms with Gasteiger partial charge in [-0.25, -0.2) is 5.43 Å². The van der Waals surface area contributed by atoms with Crippen LogP contribution in [0.3, 0.4) is 0 Å². The summed E-state index contributed by atoms with van der Waals surface area (Å²) in [5.74, 6) is -0.451. The molecule has 0 aliphatic carbocycles. The molecule has 0 fully saturated rings. The minimum Gasteiger partial charge on any atom is -0.459 e. The Morgan fingerprint density at radius 3 is 2.45 bits per heavy atom. The maximum atomic E-state index is 12.3. The van der Waals surface area contributed by atoms with E-state index in [0.717, 1.165) is 12.1 Å². The summed E-state index contributed by atoms with van der Waals surface area (Å²) in [6, 6.07) is 7.40. The fraction of sp³-hybridized carbons (Fsp3) is 0.0769. The number of halogens is 3. The first-order valence-corrected chi connectivity index (χ1v) is 5.51. The van der Waals surface area contributed by atoms with Gasteiger partial charge < -0.3 is 4.42 Å². The Morgan fingerprint density at radius 1 is 1.20 bits per heavy atom. The van der Waals surface area contributed by atoms with Gasteiger partial charge in [-0.3, -0.25) is 4.79 Å². The number of rotatable bonds is 3. The molecule has 20 heavy (non-hydrogen) atoms. The first-order valence-electron chi connectivity index (χ1n) is 5.51. The number of hydrogen-bond donors (Lipinski definition) is 1. The fourth-order valence-corrected chi connectivity index (χ4v) is 1.39. The van der Waals surface area contributed by atoms with E-state index in [1.165, 1.54) is 30.7 Å². The van der Waals surface area contributed by atoms with E-state index in [-0.39, 0.29) is 5.76 Å². The molecule has 104 valence electrons. The minimum absolute atomic E-state index is 0.0922. The van der Waals surface area contributed by atoms with Crippen molar-refractivity contribution in [2.45, 2.75) is 6.18 Å². The molecular formula is C13H9F3N2O2. The average molecular weight is 282 g/mol. The second kappa shape index (κ2) is 5.60. The molecule has 7 heteroatoms. The lowest BCUT2D eigenvalue weighted by Gasteiger charge is -2.05. The number of benzene rings is 1. The Balaban J connectivity index is 1.97. The molecule has 1 N–H and O–H groups in total. The number of carbonyl (C=O) groups is 1. The van der Waals surface area contributed by atoms with Gasteiger partial charge in [0.2, 0.25) is 0 Å². The normalized spacial score (nSPS) is 11.8. The molecule has 0 spiro atoms. The van der Waals surface area contributed by atoms with E-state index in [1.54, 1.807) is 6.07 Å². The topological polar surface area (TPSA) is 54.6 Å². The number of nitrogens with zero attached hydrogens (tertiary/aromatic N) is 1. The van der Waals surface area contributed by atoms with Gasteiger partial charge in [0.1, 0.15) is 0 Å². The standard InChI is InChI=1S/C13H9F3N2O2/c14-13(15,16)10-5-3-9(4-6-10)8-17-18-12(19)11-2-1-7-20-11/h1-8H,(H,18,19). The number of hydrogen-bond acceptors (Lipinski definition) is 3. The predicted molar refractivity (Wildman–Crippen MR) is 65.2 cm³/mol. The van der Waals surface area contributed by atoms with Crippen molar-refractivity contribution < 1.29 is 22.4 Å². The van der Waals surface area contributed by atoms with Gasteiger partial charge in [0.15, 0.2) is 5.76 Å². The van der Waals surface area contributed by atoms with Gasteiger partial charge in [0.25, 0.3) is 0 Å². The monoisotopic (exact) mass is 282 g/mol. The molecular weight excluding hydrogens is 273 g/mol. The largest absolute Gasteiger partial charge is 0.459 e. The van der Waals surface area contributed by atoms with E-state index in [0.29, 0.717) is 5.56 Å². The van der Waals surface area contributed by atoms with E-state index >= 15 is 0 Å². The summed E-state index contributed by atoms with van der Waals surface area (Å²) in [4.78, 5) is 11.4. The lowest BCUT2D eigenvalue weighted by atomic mass is 10.1. The molecule has 1 aromatic heterocycles. The molecule has 0 saturated heterocycles. The first kappa shape index (κ1) is 13.9. The van der Waals surface area contributed by atoms with Gasteiger partial charge in [-0.1, -0.05) is 12.1 Å². The van der Waals surface area contributed by atoms with Crippen LogP contribution in [0.15, 0.2) is 52.2 Å². The SMILES string of the molecule is O=C(NN=Cc1ccc(C(F)(F)F)cc1)c1ccco1. The summed E-state index contributed by atoms with van der Waals surface area (Å²) in [6.45, 7) is 0. The van der Waals surface area contributed by atoms with E-state index in [1.807, 2.05) is 0 Å². The number of carbonyl (C=O) groups excluding carboxylic acids is 1. The zero-order chi connectivity index (χ0) is 14.6. The van der Waals surface area contributed by atoms with Crippen molar-refractivity contribution in [1.29, 1.82) is 0 Å². The molecule has 0 atom stereocenters. The number of amides is 1. The quantitative estimate of drug-likeness (QED) is 0.694. The van der Waals surface area contributed by atoms with Crippen LogP contribution in [0.1, 0.15) is 21.7 Å². The zero-order valence-electron chi connectivity index (χ0n) is 10.0. The van der Waals surface area contributed by atoms with E-state index in [9.17, 15) is 18.0 Å². The number of nitrogens with one attached hydrogen (secondary N) is 1. The van der Waals surface area contributed by atoms with Crippen molar-refractivity contribution in [2.24, 2.45) is 5.10 Å². The molecule has 4 nitrogen and oxygen atoms in total. The van der Waals surface area contributed by atoms with Crippen molar-refractivity contribution in [3.05, 3.63) is 59.5 Å². The molecule has 1 heterocycles. The molecule has 2 aromatic rings. The number of furan rings is 1. The maximum Gasteiger partial charge on any atom is 0.416 e. The molecule has 0 aliphatic heterocycles. The molecule has 0 aliphatic rings. The summed E-state index contributed by atoms with van der Waals surface area (Å²) in [5, 5.41) is 3.62. The number of alkyl halides is 3. The summed E-state index contributed by atoms with van der Waals surface area (Å²) in [6.07, 6.45) is -1.79. The van der Waals surface area contributed by atoms with Gasteiger partial charge in [0.05, 0.1) is 18.0 Å². The van der Waals surface area contributed by atoms with Crippen molar-refractivity contribution in [3.63, 3.8) is 0 Å². The third kappa shape index (κ3) is 3.47. The average Bonchev–Trinajstić information content (AvgIpc) is 2.92. The highest BCUT2D eigenvalue weighted by atomic mass is 19.4. The second-order valence-corrected chi connectivity index (χ2v) is 3.80. The lowest BCUT2D eigenvalue weighted by molar-refractivity contribution is -0.137. The van der Waals surface area contributed by atoms with Crippen LogP contribution in [0.5, 0.6) is 0 Å². The fourth-order valence-electron chi connectivity index (χ4n) is 1.39. The Hall–Kier alpha value is -2.57. The summed E-state index contributed by atoms with van der Waals surface area (Å²) in [5.41, 5.74) is 1.88. The maximum absolute atomic E-state index is 12.3. The molecule has 0 radical (unpaired) electrons. The molecule has 1 amide bonds. The first-order chi connectivity index (χ1) is 9.47. The van der Waals surface area contributed by atoms with Crippen LogP contribution in [0.2, 0.25) is 0 Å². The van der Waals surface area contributed by atoms with Gasteiger partial charge in [-0.2, -0.15) is 18.3 Å². The Kier molecular flexibility index (Phi) is 3.88. The molecule has 0 saturated carbocycles. The Labute approximate surface area is 111 Å². The number of hydrazone groups is 1. The van der Waals surface area contributed by atoms with Crippen LogP contribution in [0, 0.1) is 0 Å². The van der Waals surface area contributed by atoms with Crippen LogP contribution < -0.4 is 5.43 Å². The van der Waals surface area contributed by atoms with Crippen LogP contribution in [0.25, 0.3) is 0 Å². The highest BCUT2D eigenvalue weighted by molar-refractivity contribution is 5.92. The van der Waals surface area contributed by atoms with Gasteiger partial charge >= 0.3 is 12.1 Å². The van der Waals surface area contributed by atoms with E-state index < -0.39 is 17.6 Å². The summed E-state index contributed by atoms with van der Waals surface area (Å²) >= 11 is 0. The highest BCUT2D eigenvalue weighted by Crippen LogP contribution is 2.28. The van der Waals surface area contributed by atoms with Gasteiger partial charge in [-0.15, -0.1) is 0 Å². The summed E-state index contributed by atoms with van der Waals surface area (Å²) < 4.78 is 41.8. The van der Waals surface area contributed by atoms with Crippen molar-refractivity contribution in [2.75, 3.05) is 0 Å². The zero-order valence-corrected chi connectivity index (χ0v) is 10.0. The van der Waals surface area contributed by atoms with Crippen LogP contribution >= 0.6 is 0 Å². The van der Waals surface area contributed by atoms with Crippen molar-refractivity contribution in [1.82, 2.24) is 5.43 Å². The van der Waals surface area contributed by atoms with Crippen LogP contribution in [0.4, 0.5) is 13.2 Å². The van der Waals surface area contributed by atoms with Crippen LogP contribution in [-0.2, 0) is 6.18 Å². The summed E-state index contributed by atoms with van der Waals surface area (Å²) in [7, 11) is 0. The third-order valence-electron chi connectivity index (χ3n) is 2.36. The van der Waals surface area contributed by atoms with Crippen molar-refractivity contribution >= 4 is 12.1 Å². The second-order valence-electron chi connectivity index (χ2n) is 3.80. The highest BCUT2D eigenvalue weighted by Gasteiger charge is 2.29. The molecule has 0 bridgehead atoms. The van der Waals surface area contributed by atoms with Crippen molar-refractivity contribution in [3.8, 4) is 0 Å². The Morgan fingerprint density at radius 2 is 1.90 bits per heavy atom. The predicted octanol–water partition coefficient (Wildman–Crippen LogP) is 3.06. The third-order valence-corrected chi connectivity index (χ3v) is 2.36. The van der Waals surface area contributed by atoms with E-state index in [4.69, 9.17) is 4.42 Å². The van der Waals surface area contributed by atoms with Gasteiger partial charge in [-0.05, 0) is 29.8 Å². The van der Waals surface area contributed by atoms with E-state index in [2.05, 4.69) is 10.5 Å². The Bertz CT molecular complexity index is 602. The van der Waals surface area contributed by atoms with Crippen LogP contribution in [-0.4, -0.2) is 12.1 Å².